The highest BCUT2D eigenvalue weighted by atomic mass is 16.5. The van der Waals surface area contributed by atoms with Crippen LogP contribution in [0.15, 0.2) is 0 Å². The molecule has 2 atom stereocenters. The van der Waals surface area contributed by atoms with Crippen LogP contribution in [0, 0.1) is 5.41 Å². The average molecular weight is 212 g/mol. The van der Waals surface area contributed by atoms with Crippen LogP contribution in [0.3, 0.4) is 0 Å². The number of hydrogen-bond acceptors (Lipinski definition) is 3. The van der Waals surface area contributed by atoms with Gasteiger partial charge in [-0.15, -0.1) is 0 Å². The normalized spacial score (nSPS) is 43.2. The summed E-state index contributed by atoms with van der Waals surface area (Å²) in [7, 11) is 0. The van der Waals surface area contributed by atoms with Crippen molar-refractivity contribution < 1.29 is 4.74 Å². The fourth-order valence-electron chi connectivity index (χ4n) is 2.73. The van der Waals surface area contributed by atoms with Crippen molar-refractivity contribution >= 4 is 0 Å². The Balaban J connectivity index is 1.76. The second-order valence-electron chi connectivity index (χ2n) is 5.65. The molecule has 0 aromatic heterocycles. The van der Waals surface area contributed by atoms with Crippen LogP contribution in [0.1, 0.15) is 40.0 Å². The lowest BCUT2D eigenvalue weighted by Gasteiger charge is -2.54. The quantitative estimate of drug-likeness (QED) is 0.738. The molecule has 2 aliphatic rings. The summed E-state index contributed by atoms with van der Waals surface area (Å²) in [6.45, 7) is 7.50. The lowest BCUT2D eigenvalue weighted by atomic mass is 9.63. The third kappa shape index (κ3) is 2.05. The van der Waals surface area contributed by atoms with Crippen molar-refractivity contribution in [2.45, 2.75) is 64.3 Å². The molecule has 88 valence electrons. The first-order chi connectivity index (χ1) is 7.04. The average Bonchev–Trinajstić information content (AvgIpc) is 2.13. The van der Waals surface area contributed by atoms with Gasteiger partial charge in [0.15, 0.2) is 0 Å². The van der Waals surface area contributed by atoms with Crippen LogP contribution < -0.4 is 11.1 Å². The standard InChI is InChI=1S/C12H24N2O/c1-4-15-11-7-10(12(11,2)3)14-9-5-8(13)6-9/h8-11,14H,4-7,13H2,1-3H3. The zero-order valence-corrected chi connectivity index (χ0v) is 10.1. The topological polar surface area (TPSA) is 47.3 Å². The van der Waals surface area contributed by atoms with E-state index in [0.717, 1.165) is 25.9 Å². The summed E-state index contributed by atoms with van der Waals surface area (Å²) in [4.78, 5) is 0. The zero-order chi connectivity index (χ0) is 11.1. The molecular formula is C12H24N2O. The van der Waals surface area contributed by atoms with E-state index < -0.39 is 0 Å². The lowest BCUT2D eigenvalue weighted by molar-refractivity contribution is -0.118. The van der Waals surface area contributed by atoms with Crippen molar-refractivity contribution in [3.05, 3.63) is 0 Å². The lowest BCUT2D eigenvalue weighted by Crippen LogP contribution is -2.65. The Kier molecular flexibility index (Phi) is 3.06. The van der Waals surface area contributed by atoms with E-state index in [2.05, 4.69) is 26.1 Å². The molecule has 0 saturated heterocycles. The molecule has 0 spiro atoms. The zero-order valence-electron chi connectivity index (χ0n) is 10.1. The van der Waals surface area contributed by atoms with Crippen LogP contribution in [0.25, 0.3) is 0 Å². The Labute approximate surface area is 92.7 Å². The van der Waals surface area contributed by atoms with Crippen molar-refractivity contribution in [1.82, 2.24) is 5.32 Å². The maximum Gasteiger partial charge on any atom is 0.0655 e. The smallest absolute Gasteiger partial charge is 0.0655 e. The van der Waals surface area contributed by atoms with E-state index in [1.165, 1.54) is 0 Å². The Hall–Kier alpha value is -0.120. The van der Waals surface area contributed by atoms with E-state index in [9.17, 15) is 0 Å². The van der Waals surface area contributed by atoms with Crippen LogP contribution in [-0.2, 0) is 4.74 Å². The largest absolute Gasteiger partial charge is 0.378 e. The molecule has 2 fully saturated rings. The number of ether oxygens (including phenoxy) is 1. The SMILES string of the molecule is CCOC1CC(NC2CC(N)C2)C1(C)C. The highest BCUT2D eigenvalue weighted by Crippen LogP contribution is 2.43. The second-order valence-corrected chi connectivity index (χ2v) is 5.65. The van der Waals surface area contributed by atoms with Crippen molar-refractivity contribution in [2.75, 3.05) is 6.61 Å². The Morgan fingerprint density at radius 3 is 2.47 bits per heavy atom. The molecule has 15 heavy (non-hydrogen) atoms. The molecule has 0 amide bonds. The van der Waals surface area contributed by atoms with Crippen molar-refractivity contribution in [3.63, 3.8) is 0 Å². The molecule has 2 unspecified atom stereocenters. The van der Waals surface area contributed by atoms with Crippen LogP contribution in [0.5, 0.6) is 0 Å². The first-order valence-electron chi connectivity index (χ1n) is 6.17. The maximum absolute atomic E-state index is 5.78. The summed E-state index contributed by atoms with van der Waals surface area (Å²) >= 11 is 0. The molecule has 3 N–H and O–H groups in total. The predicted octanol–water partition coefficient (Wildman–Crippen LogP) is 1.27. The molecule has 0 radical (unpaired) electrons. The summed E-state index contributed by atoms with van der Waals surface area (Å²) in [6, 6.07) is 1.71. The molecule has 0 heterocycles. The third-order valence-electron chi connectivity index (χ3n) is 4.16. The van der Waals surface area contributed by atoms with Gasteiger partial charge >= 0.3 is 0 Å². The van der Waals surface area contributed by atoms with Gasteiger partial charge in [0.05, 0.1) is 6.10 Å². The predicted molar refractivity (Wildman–Crippen MR) is 61.7 cm³/mol. The minimum atomic E-state index is 0.287. The minimum absolute atomic E-state index is 0.287. The number of hydrogen-bond donors (Lipinski definition) is 2. The Morgan fingerprint density at radius 1 is 1.33 bits per heavy atom. The Bertz CT molecular complexity index is 224. The van der Waals surface area contributed by atoms with Gasteiger partial charge in [-0.1, -0.05) is 13.8 Å². The monoisotopic (exact) mass is 212 g/mol. The van der Waals surface area contributed by atoms with Crippen molar-refractivity contribution in [2.24, 2.45) is 11.1 Å². The fraction of sp³-hybridized carbons (Fsp3) is 1.00. The van der Waals surface area contributed by atoms with E-state index in [1.807, 2.05) is 0 Å². The number of nitrogens with one attached hydrogen (secondary N) is 1. The summed E-state index contributed by atoms with van der Waals surface area (Å²) in [6.07, 6.45) is 3.89. The first-order valence-corrected chi connectivity index (χ1v) is 6.17. The maximum atomic E-state index is 5.78. The van der Waals surface area contributed by atoms with Gasteiger partial charge in [0, 0.05) is 30.1 Å². The van der Waals surface area contributed by atoms with E-state index in [1.54, 1.807) is 0 Å². The van der Waals surface area contributed by atoms with Crippen LogP contribution in [0.2, 0.25) is 0 Å². The van der Waals surface area contributed by atoms with E-state index in [-0.39, 0.29) is 5.41 Å². The number of nitrogens with two attached hydrogens (primary N) is 1. The molecule has 3 heteroatoms. The second kappa shape index (κ2) is 4.04. The summed E-state index contributed by atoms with van der Waals surface area (Å²) in [5, 5.41) is 3.70. The molecule has 2 rings (SSSR count). The van der Waals surface area contributed by atoms with Crippen LogP contribution >= 0.6 is 0 Å². The first kappa shape index (κ1) is 11.4. The van der Waals surface area contributed by atoms with E-state index >= 15 is 0 Å². The van der Waals surface area contributed by atoms with Gasteiger partial charge in [-0.25, -0.2) is 0 Å². The van der Waals surface area contributed by atoms with Crippen LogP contribution in [0.4, 0.5) is 0 Å². The summed E-state index contributed by atoms with van der Waals surface area (Å²) < 4.78 is 5.71. The van der Waals surface area contributed by atoms with Gasteiger partial charge in [-0.2, -0.15) is 0 Å². The summed E-state index contributed by atoms with van der Waals surface area (Å²) in [5.74, 6) is 0. The molecule has 2 aliphatic carbocycles. The van der Waals surface area contributed by atoms with Gasteiger partial charge in [0.25, 0.3) is 0 Å². The van der Waals surface area contributed by atoms with Gasteiger partial charge in [0.2, 0.25) is 0 Å². The van der Waals surface area contributed by atoms with Gasteiger partial charge in [-0.3, -0.25) is 0 Å². The molecular weight excluding hydrogens is 188 g/mol. The molecule has 0 aliphatic heterocycles. The highest BCUT2D eigenvalue weighted by molar-refractivity contribution is 5.05. The van der Waals surface area contributed by atoms with Gasteiger partial charge < -0.3 is 15.8 Å². The summed E-state index contributed by atoms with van der Waals surface area (Å²) in [5.41, 5.74) is 6.07. The van der Waals surface area contributed by atoms with Gasteiger partial charge in [0.1, 0.15) is 0 Å². The molecule has 0 bridgehead atoms. The Morgan fingerprint density at radius 2 is 2.00 bits per heavy atom. The highest BCUT2D eigenvalue weighted by Gasteiger charge is 2.49. The van der Waals surface area contributed by atoms with E-state index in [4.69, 9.17) is 10.5 Å². The minimum Gasteiger partial charge on any atom is -0.378 e. The number of rotatable bonds is 4. The molecule has 3 nitrogen and oxygen atoms in total. The van der Waals surface area contributed by atoms with Crippen molar-refractivity contribution in [3.8, 4) is 0 Å². The van der Waals surface area contributed by atoms with E-state index in [0.29, 0.717) is 24.2 Å². The van der Waals surface area contributed by atoms with Gasteiger partial charge in [-0.05, 0) is 26.2 Å². The third-order valence-corrected chi connectivity index (χ3v) is 4.16. The van der Waals surface area contributed by atoms with Crippen LogP contribution in [-0.4, -0.2) is 30.8 Å². The van der Waals surface area contributed by atoms with Crippen molar-refractivity contribution in [1.29, 1.82) is 0 Å². The molecule has 0 aromatic carbocycles. The molecule has 0 aromatic rings. The molecule has 2 saturated carbocycles. The fourth-order valence-corrected chi connectivity index (χ4v) is 2.73.